The number of rotatable bonds is 4. The van der Waals surface area contributed by atoms with Crippen LogP contribution in [0.1, 0.15) is 73.0 Å². The molecule has 2 aromatic heterocycles. The van der Waals surface area contributed by atoms with Crippen LogP contribution in [0.5, 0.6) is 0 Å². The zero-order chi connectivity index (χ0) is 21.1. The van der Waals surface area contributed by atoms with Gasteiger partial charge in [-0.3, -0.25) is 4.79 Å². The first kappa shape index (κ1) is 19.0. The average Bonchev–Trinajstić information content (AvgIpc) is 3.41. The van der Waals surface area contributed by atoms with Crippen LogP contribution >= 0.6 is 0 Å². The number of carbonyl (C=O) groups excluding carboxylic acids is 1. The summed E-state index contributed by atoms with van der Waals surface area (Å²) in [4.78, 5) is 19.8. The third kappa shape index (κ3) is 3.26. The molecule has 3 fully saturated rings. The number of nitrogens with zero attached hydrogens (tertiary/aromatic N) is 4. The Labute approximate surface area is 182 Å². The lowest BCUT2D eigenvalue weighted by Crippen LogP contribution is -2.47. The molecule has 3 aromatic rings. The number of benzene rings is 1. The highest BCUT2D eigenvalue weighted by Crippen LogP contribution is 2.41. The van der Waals surface area contributed by atoms with Gasteiger partial charge in [0.25, 0.3) is 5.91 Å². The van der Waals surface area contributed by atoms with Crippen molar-refractivity contribution in [3.05, 3.63) is 35.5 Å². The van der Waals surface area contributed by atoms with Gasteiger partial charge in [0.2, 0.25) is 5.69 Å². The first-order chi connectivity index (χ1) is 15.1. The van der Waals surface area contributed by atoms with Gasteiger partial charge in [0, 0.05) is 56.6 Å². The minimum absolute atomic E-state index is 0.0583. The summed E-state index contributed by atoms with van der Waals surface area (Å²) >= 11 is 0. The Kier molecular flexibility index (Phi) is 4.42. The van der Waals surface area contributed by atoms with E-state index in [1.807, 2.05) is 23.1 Å². The second-order valence-electron chi connectivity index (χ2n) is 9.68. The molecule has 162 valence electrons. The average molecular weight is 420 g/mol. The van der Waals surface area contributed by atoms with E-state index in [0.29, 0.717) is 24.1 Å². The molecule has 1 atom stereocenters. The predicted octanol–water partition coefficient (Wildman–Crippen LogP) is 3.02. The molecule has 7 nitrogen and oxygen atoms in total. The number of aryl methyl sites for hydroxylation is 1. The van der Waals surface area contributed by atoms with Gasteiger partial charge < -0.3 is 15.2 Å². The summed E-state index contributed by atoms with van der Waals surface area (Å²) < 4.78 is 4.54. The van der Waals surface area contributed by atoms with Crippen LogP contribution in [-0.4, -0.2) is 44.6 Å². The van der Waals surface area contributed by atoms with Crippen LogP contribution in [0.2, 0.25) is 0 Å². The first-order valence-corrected chi connectivity index (χ1v) is 11.7. The number of amides is 1. The van der Waals surface area contributed by atoms with Crippen LogP contribution in [0, 0.1) is 0 Å². The van der Waals surface area contributed by atoms with Crippen LogP contribution in [0.15, 0.2) is 24.3 Å². The van der Waals surface area contributed by atoms with E-state index in [2.05, 4.69) is 27.5 Å². The molecule has 3 N–H and O–H groups in total. The van der Waals surface area contributed by atoms with Gasteiger partial charge in [0.1, 0.15) is 5.69 Å². The second kappa shape index (κ2) is 7.19. The Balaban J connectivity index is 1.35. The van der Waals surface area contributed by atoms with E-state index in [1.165, 1.54) is 37.8 Å². The van der Waals surface area contributed by atoms with E-state index < -0.39 is 0 Å². The van der Waals surface area contributed by atoms with Gasteiger partial charge in [-0.15, -0.1) is 4.68 Å². The minimum atomic E-state index is 0.0583. The van der Waals surface area contributed by atoms with Crippen LogP contribution in [0.25, 0.3) is 22.6 Å². The van der Waals surface area contributed by atoms with Crippen LogP contribution in [0.4, 0.5) is 0 Å². The molecular weight excluding hydrogens is 388 g/mol. The Morgan fingerprint density at radius 2 is 2.00 bits per heavy atom. The van der Waals surface area contributed by atoms with E-state index in [9.17, 15) is 4.79 Å². The number of nitrogens with one attached hydrogen (secondary N) is 1. The number of hydrogen-bond donors (Lipinski definition) is 2. The number of carbonyl (C=O) groups is 1. The molecule has 2 aliphatic carbocycles. The van der Waals surface area contributed by atoms with Gasteiger partial charge in [-0.05, 0) is 50.3 Å². The third-order valence-electron chi connectivity index (χ3n) is 7.36. The molecule has 6 rings (SSSR count). The van der Waals surface area contributed by atoms with Gasteiger partial charge in [-0.25, -0.2) is 4.98 Å². The topological polar surface area (TPSA) is 83.8 Å². The van der Waals surface area contributed by atoms with Crippen molar-refractivity contribution < 1.29 is 9.48 Å². The maximum atomic E-state index is 13.0. The summed E-state index contributed by atoms with van der Waals surface area (Å²) in [6.45, 7) is 1.42. The van der Waals surface area contributed by atoms with Crippen molar-refractivity contribution in [2.45, 2.75) is 62.9 Å². The summed E-state index contributed by atoms with van der Waals surface area (Å²) in [6, 6.07) is 8.88. The summed E-state index contributed by atoms with van der Waals surface area (Å²) in [7, 11) is 2.06. The highest BCUT2D eigenvalue weighted by atomic mass is 16.2. The molecule has 1 aromatic carbocycles. The lowest BCUT2D eigenvalue weighted by Gasteiger charge is -2.30. The van der Waals surface area contributed by atoms with Gasteiger partial charge in [-0.1, -0.05) is 0 Å². The number of aromatic nitrogens is 4. The summed E-state index contributed by atoms with van der Waals surface area (Å²) in [6.07, 6.45) is 8.39. The number of fused-ring (bicyclic) bond motifs is 1. The Morgan fingerprint density at radius 1 is 1.16 bits per heavy atom. The van der Waals surface area contributed by atoms with E-state index in [1.54, 1.807) is 0 Å². The fourth-order valence-electron chi connectivity index (χ4n) is 5.15. The fourth-order valence-corrected chi connectivity index (χ4v) is 5.15. The SMILES string of the molecule is Cn1c(-c2cc(C3CC3)[n+](C3CCC3)[nH]2)nc2cc(C(=O)N3CCC[C@@H](N)C3)ccc21. The molecule has 7 heteroatoms. The quantitative estimate of drug-likeness (QED) is 0.638. The standard InChI is InChI=1S/C24H30N6O/c1-28-21-10-9-16(24(31)29-11-3-4-17(25)14-29)12-19(21)26-23(28)20-13-22(15-7-8-15)30(27-20)18-5-2-6-18/h9-10,12-13,15,17-18H,2-8,11,14,25H2,1H3/p+1/t17-/m1/s1. The summed E-state index contributed by atoms with van der Waals surface area (Å²) in [5.41, 5.74) is 11.2. The molecule has 1 amide bonds. The van der Waals surface area contributed by atoms with E-state index in [-0.39, 0.29) is 11.9 Å². The zero-order valence-corrected chi connectivity index (χ0v) is 18.2. The third-order valence-corrected chi connectivity index (χ3v) is 7.36. The fraction of sp³-hybridized carbons (Fsp3) is 0.542. The number of H-pyrrole nitrogens is 1. The van der Waals surface area contributed by atoms with E-state index >= 15 is 0 Å². The van der Waals surface area contributed by atoms with E-state index in [0.717, 1.165) is 41.9 Å². The minimum Gasteiger partial charge on any atom is -0.337 e. The molecule has 3 aliphatic rings. The number of nitrogens with two attached hydrogens (primary N) is 1. The highest BCUT2D eigenvalue weighted by molar-refractivity contribution is 5.98. The van der Waals surface area contributed by atoms with E-state index in [4.69, 9.17) is 10.7 Å². The summed E-state index contributed by atoms with van der Waals surface area (Å²) in [5.74, 6) is 1.68. The van der Waals surface area contributed by atoms with Gasteiger partial charge in [-0.2, -0.15) is 5.10 Å². The van der Waals surface area contributed by atoms with Crippen LogP contribution in [0.3, 0.4) is 0 Å². The molecule has 0 bridgehead atoms. The molecule has 0 spiro atoms. The van der Waals surface area contributed by atoms with Gasteiger partial charge in [0.15, 0.2) is 11.9 Å². The summed E-state index contributed by atoms with van der Waals surface area (Å²) in [5, 5.41) is 3.66. The maximum absolute atomic E-state index is 13.0. The van der Waals surface area contributed by atoms with Crippen molar-refractivity contribution in [1.82, 2.24) is 19.5 Å². The molecule has 0 unspecified atom stereocenters. The number of aromatic amines is 1. The second-order valence-corrected chi connectivity index (χ2v) is 9.68. The first-order valence-electron chi connectivity index (χ1n) is 11.7. The van der Waals surface area contributed by atoms with Crippen LogP contribution in [-0.2, 0) is 7.05 Å². The van der Waals surface area contributed by atoms with Crippen molar-refractivity contribution in [3.8, 4) is 11.5 Å². The molecule has 1 aliphatic heterocycles. The van der Waals surface area contributed by atoms with Crippen molar-refractivity contribution >= 4 is 16.9 Å². The molecule has 1 saturated heterocycles. The molecule has 31 heavy (non-hydrogen) atoms. The lowest BCUT2D eigenvalue weighted by atomic mass is 9.93. The monoisotopic (exact) mass is 419 g/mol. The molecular formula is C24H31N6O+. The molecule has 0 radical (unpaired) electrons. The number of imidazole rings is 1. The Morgan fingerprint density at radius 3 is 2.71 bits per heavy atom. The van der Waals surface area contributed by atoms with Crippen molar-refractivity contribution in [2.75, 3.05) is 13.1 Å². The van der Waals surface area contributed by atoms with Crippen molar-refractivity contribution in [1.29, 1.82) is 0 Å². The number of likely N-dealkylation sites (tertiary alicyclic amines) is 1. The van der Waals surface area contributed by atoms with Gasteiger partial charge >= 0.3 is 0 Å². The smallest absolute Gasteiger partial charge is 0.253 e. The normalized spacial score (nSPS) is 22.1. The number of hydrogen-bond acceptors (Lipinski definition) is 3. The molecule has 2 saturated carbocycles. The Hall–Kier alpha value is -2.67. The van der Waals surface area contributed by atoms with Crippen molar-refractivity contribution in [3.63, 3.8) is 0 Å². The number of piperidine rings is 1. The lowest BCUT2D eigenvalue weighted by molar-refractivity contribution is -0.788. The highest BCUT2D eigenvalue weighted by Gasteiger charge is 2.40. The van der Waals surface area contributed by atoms with Crippen molar-refractivity contribution in [2.24, 2.45) is 12.8 Å². The zero-order valence-electron chi connectivity index (χ0n) is 18.2. The van der Waals surface area contributed by atoms with Gasteiger partial charge in [0.05, 0.1) is 11.0 Å². The predicted molar refractivity (Wildman–Crippen MR) is 119 cm³/mol. The molecule has 3 heterocycles. The van der Waals surface area contributed by atoms with Crippen LogP contribution < -0.4 is 10.4 Å². The largest absolute Gasteiger partial charge is 0.337 e. The maximum Gasteiger partial charge on any atom is 0.253 e. The Bertz CT molecular complexity index is 1150.